The average Bonchev–Trinajstić information content (AvgIpc) is 2.16. The number of rotatable bonds is 7. The van der Waals surface area contributed by atoms with Crippen molar-refractivity contribution in [2.45, 2.75) is 33.2 Å². The van der Waals surface area contributed by atoms with Crippen molar-refractivity contribution in [1.29, 1.82) is 0 Å². The van der Waals surface area contributed by atoms with E-state index in [2.05, 4.69) is 31.0 Å². The van der Waals surface area contributed by atoms with E-state index in [0.29, 0.717) is 12.5 Å². The Morgan fingerprint density at radius 3 is 2.53 bits per heavy atom. The molecule has 0 aliphatic heterocycles. The molecule has 0 bridgehead atoms. The number of nitrogens with zero attached hydrogens (tertiary/aromatic N) is 1. The van der Waals surface area contributed by atoms with Crippen molar-refractivity contribution in [2.75, 3.05) is 26.7 Å². The van der Waals surface area contributed by atoms with Gasteiger partial charge in [0.1, 0.15) is 0 Å². The number of hydrogen-bond donors (Lipinski definition) is 2. The van der Waals surface area contributed by atoms with Gasteiger partial charge in [-0.3, -0.25) is 4.79 Å². The van der Waals surface area contributed by atoms with E-state index >= 15 is 0 Å². The van der Waals surface area contributed by atoms with E-state index in [1.54, 1.807) is 0 Å². The van der Waals surface area contributed by atoms with Crippen molar-refractivity contribution in [1.82, 2.24) is 10.2 Å². The van der Waals surface area contributed by atoms with Gasteiger partial charge >= 0.3 is 0 Å². The minimum atomic E-state index is -0.364. The lowest BCUT2D eigenvalue weighted by Gasteiger charge is -2.17. The minimum absolute atomic E-state index is 0.0341. The Balaban J connectivity index is 3.64. The van der Waals surface area contributed by atoms with Crippen LogP contribution in [0.2, 0.25) is 0 Å². The van der Waals surface area contributed by atoms with Crippen molar-refractivity contribution >= 4 is 5.91 Å². The first-order valence-electron chi connectivity index (χ1n) is 5.69. The summed E-state index contributed by atoms with van der Waals surface area (Å²) in [7, 11) is 2.03. The van der Waals surface area contributed by atoms with Gasteiger partial charge in [-0.05, 0) is 25.9 Å². The second-order valence-corrected chi connectivity index (χ2v) is 4.42. The van der Waals surface area contributed by atoms with E-state index in [1.165, 1.54) is 0 Å². The molecule has 0 aliphatic rings. The third-order valence-electron chi connectivity index (χ3n) is 2.39. The molecule has 0 aromatic rings. The van der Waals surface area contributed by atoms with Crippen LogP contribution < -0.4 is 11.1 Å². The lowest BCUT2D eigenvalue weighted by Crippen LogP contribution is -2.43. The van der Waals surface area contributed by atoms with Crippen molar-refractivity contribution in [3.8, 4) is 0 Å². The van der Waals surface area contributed by atoms with E-state index in [-0.39, 0.29) is 11.9 Å². The second kappa shape index (κ2) is 7.65. The SMILES string of the molecule is CCN(C)CCNC(=O)C(N)CC(C)C. The van der Waals surface area contributed by atoms with E-state index in [1.807, 2.05) is 7.05 Å². The first-order chi connectivity index (χ1) is 6.97. The molecular weight excluding hydrogens is 190 g/mol. The number of hydrogen-bond acceptors (Lipinski definition) is 3. The third-order valence-corrected chi connectivity index (χ3v) is 2.39. The lowest BCUT2D eigenvalue weighted by atomic mass is 10.0. The normalized spacial score (nSPS) is 13.3. The highest BCUT2D eigenvalue weighted by molar-refractivity contribution is 5.81. The van der Waals surface area contributed by atoms with Crippen molar-refractivity contribution < 1.29 is 4.79 Å². The summed E-state index contributed by atoms with van der Waals surface area (Å²) in [4.78, 5) is 13.6. The molecule has 4 nitrogen and oxygen atoms in total. The fourth-order valence-electron chi connectivity index (χ4n) is 1.27. The molecule has 0 aliphatic carbocycles. The van der Waals surface area contributed by atoms with Crippen molar-refractivity contribution in [2.24, 2.45) is 11.7 Å². The smallest absolute Gasteiger partial charge is 0.236 e. The summed E-state index contributed by atoms with van der Waals surface area (Å²) < 4.78 is 0. The van der Waals surface area contributed by atoms with Gasteiger partial charge in [0.2, 0.25) is 5.91 Å². The van der Waals surface area contributed by atoms with E-state index in [4.69, 9.17) is 5.73 Å². The molecule has 4 heteroatoms. The van der Waals surface area contributed by atoms with Gasteiger partial charge in [0.05, 0.1) is 6.04 Å². The Hall–Kier alpha value is -0.610. The van der Waals surface area contributed by atoms with Crippen molar-refractivity contribution in [3.63, 3.8) is 0 Å². The first-order valence-corrected chi connectivity index (χ1v) is 5.69. The molecule has 90 valence electrons. The van der Waals surface area contributed by atoms with Gasteiger partial charge < -0.3 is 16.0 Å². The largest absolute Gasteiger partial charge is 0.353 e. The fraction of sp³-hybridized carbons (Fsp3) is 0.909. The number of carbonyl (C=O) groups excluding carboxylic acids is 1. The Labute approximate surface area is 93.2 Å². The van der Waals surface area contributed by atoms with Crippen LogP contribution in [-0.4, -0.2) is 43.5 Å². The highest BCUT2D eigenvalue weighted by Gasteiger charge is 2.13. The lowest BCUT2D eigenvalue weighted by molar-refractivity contribution is -0.122. The summed E-state index contributed by atoms with van der Waals surface area (Å²) in [5.41, 5.74) is 5.74. The summed E-state index contributed by atoms with van der Waals surface area (Å²) in [6.07, 6.45) is 0.745. The molecule has 1 amide bonds. The molecule has 1 unspecified atom stereocenters. The van der Waals surface area contributed by atoms with Gasteiger partial charge in [-0.15, -0.1) is 0 Å². The van der Waals surface area contributed by atoms with Gasteiger partial charge in [0.15, 0.2) is 0 Å². The number of nitrogens with one attached hydrogen (secondary N) is 1. The van der Waals surface area contributed by atoms with E-state index in [9.17, 15) is 4.79 Å². The molecule has 1 atom stereocenters. The zero-order chi connectivity index (χ0) is 11.8. The van der Waals surface area contributed by atoms with Crippen LogP contribution in [0.15, 0.2) is 0 Å². The van der Waals surface area contributed by atoms with Crippen LogP contribution in [0.4, 0.5) is 0 Å². The molecule has 0 radical (unpaired) electrons. The second-order valence-electron chi connectivity index (χ2n) is 4.42. The Bertz CT molecular complexity index is 183. The Morgan fingerprint density at radius 1 is 1.47 bits per heavy atom. The minimum Gasteiger partial charge on any atom is -0.353 e. The molecule has 0 rings (SSSR count). The molecule has 0 saturated heterocycles. The van der Waals surface area contributed by atoms with Gasteiger partial charge in [0, 0.05) is 13.1 Å². The summed E-state index contributed by atoms with van der Waals surface area (Å²) in [6.45, 7) is 8.77. The quantitative estimate of drug-likeness (QED) is 0.647. The highest BCUT2D eigenvalue weighted by Crippen LogP contribution is 2.02. The number of likely N-dealkylation sites (N-methyl/N-ethyl adjacent to an activating group) is 1. The zero-order valence-electron chi connectivity index (χ0n) is 10.4. The van der Waals surface area contributed by atoms with Crippen LogP contribution >= 0.6 is 0 Å². The molecule has 0 aromatic heterocycles. The first kappa shape index (κ1) is 14.4. The maximum atomic E-state index is 11.5. The standard InChI is InChI=1S/C11H25N3O/c1-5-14(4)7-6-13-11(15)10(12)8-9(2)3/h9-10H,5-8,12H2,1-4H3,(H,13,15). The predicted molar refractivity (Wildman–Crippen MR) is 63.6 cm³/mol. The van der Waals surface area contributed by atoms with Crippen LogP contribution in [0.3, 0.4) is 0 Å². The summed E-state index contributed by atoms with van der Waals surface area (Å²) >= 11 is 0. The maximum absolute atomic E-state index is 11.5. The van der Waals surface area contributed by atoms with Crippen LogP contribution in [0.25, 0.3) is 0 Å². The average molecular weight is 215 g/mol. The number of amides is 1. The van der Waals surface area contributed by atoms with Crippen LogP contribution in [-0.2, 0) is 4.79 Å². The predicted octanol–water partition coefficient (Wildman–Crippen LogP) is 0.428. The maximum Gasteiger partial charge on any atom is 0.236 e. The molecule has 0 aromatic carbocycles. The topological polar surface area (TPSA) is 58.4 Å². The molecule has 0 heterocycles. The van der Waals surface area contributed by atoms with Gasteiger partial charge in [0.25, 0.3) is 0 Å². The van der Waals surface area contributed by atoms with Crippen LogP contribution in [0.5, 0.6) is 0 Å². The molecule has 0 saturated carbocycles. The Morgan fingerprint density at radius 2 is 2.07 bits per heavy atom. The van der Waals surface area contributed by atoms with Crippen LogP contribution in [0.1, 0.15) is 27.2 Å². The van der Waals surface area contributed by atoms with Gasteiger partial charge in [-0.2, -0.15) is 0 Å². The molecule has 3 N–H and O–H groups in total. The molecule has 0 fully saturated rings. The monoisotopic (exact) mass is 215 g/mol. The van der Waals surface area contributed by atoms with E-state index < -0.39 is 0 Å². The van der Waals surface area contributed by atoms with Gasteiger partial charge in [-0.25, -0.2) is 0 Å². The fourth-order valence-corrected chi connectivity index (χ4v) is 1.27. The zero-order valence-corrected chi connectivity index (χ0v) is 10.4. The highest BCUT2D eigenvalue weighted by atomic mass is 16.2. The molecule has 15 heavy (non-hydrogen) atoms. The molecular formula is C11H25N3O. The number of nitrogens with two attached hydrogens (primary N) is 1. The summed E-state index contributed by atoms with van der Waals surface area (Å²) in [5, 5.41) is 2.85. The van der Waals surface area contributed by atoms with Crippen LogP contribution in [0, 0.1) is 5.92 Å². The summed E-state index contributed by atoms with van der Waals surface area (Å²) in [5.74, 6) is 0.428. The number of carbonyl (C=O) groups is 1. The Kier molecular flexibility index (Phi) is 7.34. The molecule has 0 spiro atoms. The van der Waals surface area contributed by atoms with Crippen molar-refractivity contribution in [3.05, 3.63) is 0 Å². The van der Waals surface area contributed by atoms with E-state index in [0.717, 1.165) is 19.5 Å². The van der Waals surface area contributed by atoms with Gasteiger partial charge in [-0.1, -0.05) is 20.8 Å². The third kappa shape index (κ3) is 7.33. The summed E-state index contributed by atoms with van der Waals surface area (Å²) in [6, 6.07) is -0.364.